The highest BCUT2D eigenvalue weighted by atomic mass is 19.1. The summed E-state index contributed by atoms with van der Waals surface area (Å²) in [6.07, 6.45) is 0.444. The third-order valence-corrected chi connectivity index (χ3v) is 4.53. The molecule has 0 saturated heterocycles. The van der Waals surface area contributed by atoms with Gasteiger partial charge in [0.25, 0.3) is 5.91 Å². The van der Waals surface area contributed by atoms with Gasteiger partial charge in [-0.15, -0.1) is 0 Å². The highest BCUT2D eigenvalue weighted by molar-refractivity contribution is 5.88. The van der Waals surface area contributed by atoms with E-state index in [9.17, 15) is 14.0 Å². The standard InChI is InChI=1S/C24H31FN2O3/c1-6-21(23(29)26-24(3,4)5)27(15-18-9-11-19(25)12-10-18)22(28)16-30-20-13-7-17(2)8-14-20/h7-14,21H,6,15-16H2,1-5H3,(H,26,29)/t21-/m1/s1. The average molecular weight is 415 g/mol. The fourth-order valence-electron chi connectivity index (χ4n) is 3.02. The van der Waals surface area contributed by atoms with Crippen molar-refractivity contribution in [1.29, 1.82) is 0 Å². The van der Waals surface area contributed by atoms with E-state index in [1.807, 2.05) is 46.8 Å². The Kier molecular flexibility index (Phi) is 7.98. The summed E-state index contributed by atoms with van der Waals surface area (Å²) in [7, 11) is 0. The Labute approximate surface area is 178 Å². The van der Waals surface area contributed by atoms with Crippen LogP contribution in [0.25, 0.3) is 0 Å². The lowest BCUT2D eigenvalue weighted by atomic mass is 10.1. The highest BCUT2D eigenvalue weighted by Crippen LogP contribution is 2.16. The molecule has 6 heteroatoms. The Morgan fingerprint density at radius 3 is 2.20 bits per heavy atom. The second-order valence-corrected chi connectivity index (χ2v) is 8.41. The number of ether oxygens (including phenoxy) is 1. The number of halogens is 1. The maximum absolute atomic E-state index is 13.3. The molecule has 0 aromatic heterocycles. The van der Waals surface area contributed by atoms with E-state index in [1.54, 1.807) is 24.3 Å². The zero-order valence-electron chi connectivity index (χ0n) is 18.4. The predicted octanol–water partition coefficient (Wildman–Crippen LogP) is 4.24. The monoisotopic (exact) mass is 414 g/mol. The van der Waals surface area contributed by atoms with E-state index in [1.165, 1.54) is 17.0 Å². The minimum absolute atomic E-state index is 0.187. The first-order valence-electron chi connectivity index (χ1n) is 10.1. The number of carbonyl (C=O) groups excluding carboxylic acids is 2. The van der Waals surface area contributed by atoms with Crippen molar-refractivity contribution >= 4 is 11.8 Å². The van der Waals surface area contributed by atoms with Gasteiger partial charge in [0.2, 0.25) is 5.91 Å². The molecular weight excluding hydrogens is 383 g/mol. The van der Waals surface area contributed by atoms with E-state index in [2.05, 4.69) is 5.32 Å². The molecule has 0 bridgehead atoms. The normalized spacial score (nSPS) is 12.2. The Morgan fingerprint density at radius 2 is 1.67 bits per heavy atom. The van der Waals surface area contributed by atoms with E-state index < -0.39 is 11.6 Å². The number of carbonyl (C=O) groups is 2. The number of hydrogen-bond acceptors (Lipinski definition) is 3. The summed E-state index contributed by atoms with van der Waals surface area (Å²) in [5.74, 6) is -0.300. The lowest BCUT2D eigenvalue weighted by molar-refractivity contribution is -0.143. The first-order valence-corrected chi connectivity index (χ1v) is 10.1. The molecule has 5 nitrogen and oxygen atoms in total. The lowest BCUT2D eigenvalue weighted by Gasteiger charge is -2.33. The molecule has 0 aliphatic heterocycles. The largest absolute Gasteiger partial charge is 0.484 e. The van der Waals surface area contributed by atoms with E-state index in [0.717, 1.165) is 11.1 Å². The molecule has 1 N–H and O–H groups in total. The molecule has 162 valence electrons. The predicted molar refractivity (Wildman–Crippen MR) is 116 cm³/mol. The molecule has 0 heterocycles. The Hall–Kier alpha value is -2.89. The van der Waals surface area contributed by atoms with Gasteiger partial charge in [-0.25, -0.2) is 4.39 Å². The maximum Gasteiger partial charge on any atom is 0.261 e. The van der Waals surface area contributed by atoms with Gasteiger partial charge in [-0.1, -0.05) is 36.8 Å². The van der Waals surface area contributed by atoms with Crippen molar-refractivity contribution in [3.05, 3.63) is 65.5 Å². The molecule has 0 spiro atoms. The van der Waals surface area contributed by atoms with Crippen molar-refractivity contribution in [3.63, 3.8) is 0 Å². The molecule has 0 fully saturated rings. The molecule has 0 unspecified atom stereocenters. The average Bonchev–Trinajstić information content (AvgIpc) is 2.67. The van der Waals surface area contributed by atoms with E-state index >= 15 is 0 Å². The van der Waals surface area contributed by atoms with Gasteiger partial charge in [0.15, 0.2) is 6.61 Å². The zero-order valence-corrected chi connectivity index (χ0v) is 18.4. The third-order valence-electron chi connectivity index (χ3n) is 4.53. The van der Waals surface area contributed by atoms with Gasteiger partial charge in [0.1, 0.15) is 17.6 Å². The van der Waals surface area contributed by atoms with Crippen LogP contribution >= 0.6 is 0 Å². The SMILES string of the molecule is CC[C@H](C(=O)NC(C)(C)C)N(Cc1ccc(F)cc1)C(=O)COc1ccc(C)cc1. The molecule has 0 aliphatic rings. The fourth-order valence-corrected chi connectivity index (χ4v) is 3.02. The van der Waals surface area contributed by atoms with E-state index in [-0.39, 0.29) is 30.8 Å². The summed E-state index contributed by atoms with van der Waals surface area (Å²) in [6, 6.07) is 12.7. The number of amides is 2. The Morgan fingerprint density at radius 1 is 1.07 bits per heavy atom. The lowest BCUT2D eigenvalue weighted by Crippen LogP contribution is -2.54. The van der Waals surface area contributed by atoms with Gasteiger partial charge < -0.3 is 15.0 Å². The molecule has 0 radical (unpaired) electrons. The van der Waals surface area contributed by atoms with Crippen LogP contribution in [0.3, 0.4) is 0 Å². The third kappa shape index (κ3) is 7.17. The number of benzene rings is 2. The van der Waals surface area contributed by atoms with Crippen molar-refractivity contribution in [1.82, 2.24) is 10.2 Å². The van der Waals surface area contributed by atoms with Gasteiger partial charge in [-0.05, 0) is 63.9 Å². The molecule has 2 aromatic rings. The van der Waals surface area contributed by atoms with Crippen molar-refractivity contribution in [2.75, 3.05) is 6.61 Å². The van der Waals surface area contributed by atoms with Crippen LogP contribution in [0.4, 0.5) is 4.39 Å². The number of aryl methyl sites for hydroxylation is 1. The van der Waals surface area contributed by atoms with Crippen molar-refractivity contribution < 1.29 is 18.7 Å². The molecule has 2 amide bonds. The van der Waals surface area contributed by atoms with Gasteiger partial charge in [0, 0.05) is 12.1 Å². The summed E-state index contributed by atoms with van der Waals surface area (Å²) in [6.45, 7) is 9.51. The minimum atomic E-state index is -0.664. The molecule has 0 aliphatic carbocycles. The molecule has 2 aromatic carbocycles. The number of hydrogen-bond donors (Lipinski definition) is 1. The summed E-state index contributed by atoms with van der Waals surface area (Å²) in [5.41, 5.74) is 1.41. The summed E-state index contributed by atoms with van der Waals surface area (Å²) in [4.78, 5) is 27.5. The van der Waals surface area contributed by atoms with Gasteiger partial charge in [-0.2, -0.15) is 0 Å². The van der Waals surface area contributed by atoms with Crippen molar-refractivity contribution in [3.8, 4) is 5.75 Å². The van der Waals surface area contributed by atoms with Crippen molar-refractivity contribution in [2.24, 2.45) is 0 Å². The highest BCUT2D eigenvalue weighted by Gasteiger charge is 2.30. The van der Waals surface area contributed by atoms with Crippen LogP contribution in [0.5, 0.6) is 5.75 Å². The van der Waals surface area contributed by atoms with Crippen LogP contribution in [0.15, 0.2) is 48.5 Å². The van der Waals surface area contributed by atoms with Gasteiger partial charge in [-0.3, -0.25) is 9.59 Å². The fraction of sp³-hybridized carbons (Fsp3) is 0.417. The van der Waals surface area contributed by atoms with Crippen LogP contribution in [0.1, 0.15) is 45.2 Å². The van der Waals surface area contributed by atoms with Crippen LogP contribution in [0, 0.1) is 12.7 Å². The van der Waals surface area contributed by atoms with Crippen LogP contribution in [-0.4, -0.2) is 34.9 Å². The topological polar surface area (TPSA) is 58.6 Å². The summed E-state index contributed by atoms with van der Waals surface area (Å²) < 4.78 is 18.9. The maximum atomic E-state index is 13.3. The molecule has 0 saturated carbocycles. The number of nitrogens with one attached hydrogen (secondary N) is 1. The first-order chi connectivity index (χ1) is 14.1. The minimum Gasteiger partial charge on any atom is -0.484 e. The number of rotatable bonds is 8. The summed E-state index contributed by atoms with van der Waals surface area (Å²) in [5, 5.41) is 2.95. The molecule has 30 heavy (non-hydrogen) atoms. The van der Waals surface area contributed by atoms with Crippen LogP contribution in [0.2, 0.25) is 0 Å². The summed E-state index contributed by atoms with van der Waals surface area (Å²) >= 11 is 0. The molecular formula is C24H31FN2O3. The Balaban J connectivity index is 2.21. The smallest absolute Gasteiger partial charge is 0.261 e. The van der Waals surface area contributed by atoms with Gasteiger partial charge >= 0.3 is 0 Å². The number of nitrogens with zero attached hydrogens (tertiary/aromatic N) is 1. The molecule has 1 atom stereocenters. The van der Waals surface area contributed by atoms with E-state index in [4.69, 9.17) is 4.74 Å². The van der Waals surface area contributed by atoms with Crippen molar-refractivity contribution in [2.45, 2.75) is 59.2 Å². The zero-order chi connectivity index (χ0) is 22.3. The van der Waals surface area contributed by atoms with E-state index in [0.29, 0.717) is 12.2 Å². The van der Waals surface area contributed by atoms with Gasteiger partial charge in [0.05, 0.1) is 0 Å². The Bertz CT molecular complexity index is 842. The second kappa shape index (κ2) is 10.2. The van der Waals surface area contributed by atoms with Crippen LogP contribution in [-0.2, 0) is 16.1 Å². The first kappa shape index (κ1) is 23.4. The quantitative estimate of drug-likeness (QED) is 0.703. The second-order valence-electron chi connectivity index (χ2n) is 8.41. The van der Waals surface area contributed by atoms with Crippen LogP contribution < -0.4 is 10.1 Å². The molecule has 2 rings (SSSR count).